The van der Waals surface area contributed by atoms with Gasteiger partial charge in [-0.15, -0.1) is 0 Å². The van der Waals surface area contributed by atoms with Crippen molar-refractivity contribution in [3.63, 3.8) is 0 Å². The minimum atomic E-state index is 0.0147. The van der Waals surface area contributed by atoms with E-state index in [1.54, 1.807) is 0 Å². The number of hydrogen-bond donors (Lipinski definition) is 0. The Balaban J connectivity index is 1.09. The largest absolute Gasteiger partial charge is 0.455 e. The molecule has 1 aliphatic heterocycles. The average molecular weight is 822 g/mol. The highest BCUT2D eigenvalue weighted by atomic mass is 16.3. The number of benzene rings is 9. The molecule has 0 spiro atoms. The third-order valence-corrected chi connectivity index (χ3v) is 13.1. The summed E-state index contributed by atoms with van der Waals surface area (Å²) in [7, 11) is 0. The number of amidine groups is 1. The van der Waals surface area contributed by atoms with E-state index in [1.807, 2.05) is 24.3 Å². The van der Waals surface area contributed by atoms with E-state index in [0.29, 0.717) is 12.3 Å². The molecule has 5 heteroatoms. The molecule has 0 amide bonds. The molecule has 4 heterocycles. The summed E-state index contributed by atoms with van der Waals surface area (Å²) in [5, 5.41) is 9.06. The van der Waals surface area contributed by atoms with Gasteiger partial charge in [0.15, 0.2) is 11.4 Å². The van der Waals surface area contributed by atoms with Crippen LogP contribution in [0, 0.1) is 5.92 Å². The fraction of sp³-hybridized carbons (Fsp3) is 0.0508. The van der Waals surface area contributed by atoms with Gasteiger partial charge in [-0.25, -0.2) is 9.98 Å². The number of hydrogen-bond acceptors (Lipinski definition) is 4. The Morgan fingerprint density at radius 1 is 0.453 bits per heavy atom. The second-order valence-corrected chi connectivity index (χ2v) is 16.9. The van der Waals surface area contributed by atoms with E-state index in [0.717, 1.165) is 99.8 Å². The average Bonchev–Trinajstić information content (AvgIpc) is 4.02. The number of rotatable bonds is 5. The summed E-state index contributed by atoms with van der Waals surface area (Å²) in [6.45, 7) is 2.26. The number of para-hydroxylation sites is 4. The lowest BCUT2D eigenvalue weighted by atomic mass is 9.92. The van der Waals surface area contributed by atoms with Gasteiger partial charge in [-0.05, 0) is 76.9 Å². The molecule has 3 aromatic heterocycles. The molecule has 0 bridgehead atoms. The monoisotopic (exact) mass is 821 g/mol. The van der Waals surface area contributed by atoms with Crippen molar-refractivity contribution < 1.29 is 8.83 Å². The van der Waals surface area contributed by atoms with Crippen molar-refractivity contribution in [3.8, 4) is 16.8 Å². The Kier molecular flexibility index (Phi) is 8.19. The first-order valence-electron chi connectivity index (χ1n) is 22.0. The van der Waals surface area contributed by atoms with Crippen LogP contribution < -0.4 is 0 Å². The van der Waals surface area contributed by atoms with Crippen molar-refractivity contribution in [2.45, 2.75) is 13.3 Å². The molecule has 0 fully saturated rings. The second kappa shape index (κ2) is 14.4. The molecular weight excluding hydrogens is 783 g/mol. The molecule has 13 rings (SSSR count). The Morgan fingerprint density at radius 2 is 1.06 bits per heavy atom. The molecule has 9 aromatic carbocycles. The van der Waals surface area contributed by atoms with Gasteiger partial charge < -0.3 is 13.4 Å². The highest BCUT2D eigenvalue weighted by Crippen LogP contribution is 2.43. The minimum absolute atomic E-state index is 0.0147. The first kappa shape index (κ1) is 36.4. The van der Waals surface area contributed by atoms with Crippen molar-refractivity contribution in [3.05, 3.63) is 217 Å². The molecule has 0 N–H and O–H groups in total. The van der Waals surface area contributed by atoms with Gasteiger partial charge in [0, 0.05) is 54.9 Å². The van der Waals surface area contributed by atoms with Crippen LogP contribution >= 0.6 is 0 Å². The maximum absolute atomic E-state index is 6.97. The van der Waals surface area contributed by atoms with Crippen LogP contribution in [-0.4, -0.2) is 16.1 Å². The lowest BCUT2D eigenvalue weighted by Gasteiger charge is -2.20. The summed E-state index contributed by atoms with van der Waals surface area (Å²) in [5.41, 5.74) is 13.5. The summed E-state index contributed by atoms with van der Waals surface area (Å²) >= 11 is 0. The Labute approximate surface area is 368 Å². The second-order valence-electron chi connectivity index (χ2n) is 16.9. The SMILES string of the molecule is CC1C/C=C(c2ccc3c(oc4ccccc43)c2-n2c3ccccc3c3cc4ccccc4cc32)/N=C(c2ccc(-c3ccccc3)cc2)\N=C/1c1cccc2c1oc1ccccc12. The van der Waals surface area contributed by atoms with Crippen LogP contribution in [0.5, 0.6) is 0 Å². The standard InChI is InChI=1S/C59H39N3O2/c1-36-26-33-50(60-59(39-29-27-38(28-30-39)37-14-3-2-4-15-37)61-55(36)48-22-13-21-45-43-19-8-11-24-53(43)63-57(45)48)47-32-31-46-44-20-9-12-25-54(44)64-58(46)56(47)62-51-23-10-7-18-42(51)49-34-40-16-5-6-17-41(40)35-52(49)62/h2-25,27-36H,26H2,1H3/b50-33+,60-59-,61-55+. The molecule has 0 saturated heterocycles. The topological polar surface area (TPSA) is 55.9 Å². The molecule has 0 radical (unpaired) electrons. The predicted octanol–water partition coefficient (Wildman–Crippen LogP) is 15.7. The van der Waals surface area contributed by atoms with Crippen molar-refractivity contribution in [2.24, 2.45) is 15.9 Å². The number of aliphatic imine (C=N–C) groups is 2. The van der Waals surface area contributed by atoms with Crippen molar-refractivity contribution in [1.29, 1.82) is 0 Å². The number of furan rings is 2. The third-order valence-electron chi connectivity index (χ3n) is 13.1. The van der Waals surface area contributed by atoms with E-state index < -0.39 is 0 Å². The molecular formula is C59H39N3O2. The number of nitrogens with zero attached hydrogens (tertiary/aromatic N) is 3. The van der Waals surface area contributed by atoms with Gasteiger partial charge in [-0.1, -0.05) is 159 Å². The van der Waals surface area contributed by atoms with Crippen LogP contribution in [0.25, 0.3) is 99.0 Å². The number of allylic oxidation sites excluding steroid dienone is 1. The smallest absolute Gasteiger partial charge is 0.160 e. The van der Waals surface area contributed by atoms with E-state index in [1.165, 1.54) is 21.5 Å². The van der Waals surface area contributed by atoms with Crippen LogP contribution in [0.2, 0.25) is 0 Å². The van der Waals surface area contributed by atoms with E-state index in [9.17, 15) is 0 Å². The van der Waals surface area contributed by atoms with Crippen LogP contribution in [0.15, 0.2) is 219 Å². The number of aromatic nitrogens is 1. The molecule has 12 aromatic rings. The zero-order valence-electron chi connectivity index (χ0n) is 35.0. The maximum atomic E-state index is 6.97. The summed E-state index contributed by atoms with van der Waals surface area (Å²) in [4.78, 5) is 11.3. The fourth-order valence-electron chi connectivity index (χ4n) is 9.92. The van der Waals surface area contributed by atoms with Crippen LogP contribution in [0.1, 0.15) is 30.0 Å². The summed E-state index contributed by atoms with van der Waals surface area (Å²) in [6.07, 6.45) is 3.00. The van der Waals surface area contributed by atoms with E-state index in [-0.39, 0.29) is 5.92 Å². The zero-order chi connectivity index (χ0) is 42.3. The quantitative estimate of drug-likeness (QED) is 0.174. The molecule has 64 heavy (non-hydrogen) atoms. The molecule has 0 saturated carbocycles. The molecule has 1 atom stereocenters. The predicted molar refractivity (Wildman–Crippen MR) is 266 cm³/mol. The highest BCUT2D eigenvalue weighted by Gasteiger charge is 2.26. The molecule has 0 aliphatic carbocycles. The van der Waals surface area contributed by atoms with E-state index in [4.69, 9.17) is 18.8 Å². The normalized spacial score (nSPS) is 17.1. The van der Waals surface area contributed by atoms with Crippen molar-refractivity contribution in [1.82, 2.24) is 4.57 Å². The lowest BCUT2D eigenvalue weighted by molar-refractivity contribution is 0.666. The fourth-order valence-corrected chi connectivity index (χ4v) is 9.92. The Bertz CT molecular complexity index is 3940. The minimum Gasteiger partial charge on any atom is -0.455 e. The Hall–Kier alpha value is -8.28. The van der Waals surface area contributed by atoms with Gasteiger partial charge in [0.25, 0.3) is 0 Å². The first-order valence-corrected chi connectivity index (χ1v) is 22.0. The zero-order valence-corrected chi connectivity index (χ0v) is 35.0. The van der Waals surface area contributed by atoms with Gasteiger partial charge in [0.2, 0.25) is 0 Å². The summed E-state index contributed by atoms with van der Waals surface area (Å²) in [5.74, 6) is 0.644. The summed E-state index contributed by atoms with van der Waals surface area (Å²) < 4.78 is 16.0. The van der Waals surface area contributed by atoms with Crippen molar-refractivity contribution >= 4 is 93.7 Å². The molecule has 1 unspecified atom stereocenters. The first-order chi connectivity index (χ1) is 31.6. The molecule has 1 aliphatic rings. The van der Waals surface area contributed by atoms with Crippen LogP contribution in [0.3, 0.4) is 0 Å². The third kappa shape index (κ3) is 5.71. The van der Waals surface area contributed by atoms with Gasteiger partial charge in [-0.2, -0.15) is 0 Å². The Morgan fingerprint density at radius 3 is 1.84 bits per heavy atom. The van der Waals surface area contributed by atoms with E-state index >= 15 is 0 Å². The van der Waals surface area contributed by atoms with Gasteiger partial charge in [0.05, 0.1) is 28.1 Å². The lowest BCUT2D eigenvalue weighted by Crippen LogP contribution is -2.17. The van der Waals surface area contributed by atoms with Gasteiger partial charge >= 0.3 is 0 Å². The maximum Gasteiger partial charge on any atom is 0.160 e. The van der Waals surface area contributed by atoms with Crippen LogP contribution in [0.4, 0.5) is 0 Å². The van der Waals surface area contributed by atoms with Crippen LogP contribution in [-0.2, 0) is 0 Å². The number of fused-ring (bicyclic) bond motifs is 10. The van der Waals surface area contributed by atoms with Gasteiger partial charge in [-0.3, -0.25) is 0 Å². The molecule has 302 valence electrons. The van der Waals surface area contributed by atoms with Crippen molar-refractivity contribution in [2.75, 3.05) is 0 Å². The highest BCUT2D eigenvalue weighted by molar-refractivity contribution is 6.21. The van der Waals surface area contributed by atoms with Gasteiger partial charge in [0.1, 0.15) is 16.7 Å². The van der Waals surface area contributed by atoms with E-state index in [2.05, 4.69) is 187 Å². The summed E-state index contributed by atoms with van der Waals surface area (Å²) in [6, 6.07) is 68.5. The molecule has 5 nitrogen and oxygen atoms in total.